The molecule has 12 heavy (non-hydrogen) atoms. The van der Waals surface area contributed by atoms with Crippen LogP contribution in [0.25, 0.3) is 0 Å². The molecule has 0 aromatic heterocycles. The minimum Gasteiger partial charge on any atom is -0.376 e. The van der Waals surface area contributed by atoms with Crippen molar-refractivity contribution in [3.8, 4) is 0 Å². The Balaban J connectivity index is 1.84. The van der Waals surface area contributed by atoms with Crippen LogP contribution in [0.5, 0.6) is 0 Å². The topological polar surface area (TPSA) is 35.5 Å². The zero-order valence-corrected chi connectivity index (χ0v) is 7.12. The number of rotatable bonds is 2. The Bertz CT molecular complexity index is 169. The molecule has 0 spiro atoms. The monoisotopic (exact) mass is 170 g/mol. The molecule has 68 valence electrons. The summed E-state index contributed by atoms with van der Waals surface area (Å²) in [5.74, 6) is 0.539. The standard InChI is InChI=1S/C9H14O3/c10-9(7-2-1-3-7)8-6-11-4-5-12-8/h7-8H,1-6H2. The molecule has 1 heterocycles. The lowest BCUT2D eigenvalue weighted by Crippen LogP contribution is -2.40. The van der Waals surface area contributed by atoms with Crippen molar-refractivity contribution in [3.63, 3.8) is 0 Å². The SMILES string of the molecule is O=C(C1CCC1)C1COCCO1. The van der Waals surface area contributed by atoms with Crippen LogP contribution in [0.15, 0.2) is 0 Å². The number of hydrogen-bond donors (Lipinski definition) is 0. The van der Waals surface area contributed by atoms with Crippen molar-refractivity contribution in [2.45, 2.75) is 25.4 Å². The predicted octanol–water partition coefficient (Wildman–Crippen LogP) is 0.771. The second-order valence-corrected chi connectivity index (χ2v) is 3.46. The third kappa shape index (κ3) is 1.52. The predicted molar refractivity (Wildman–Crippen MR) is 42.9 cm³/mol. The zero-order valence-electron chi connectivity index (χ0n) is 7.12. The molecule has 0 radical (unpaired) electrons. The van der Waals surface area contributed by atoms with Crippen LogP contribution >= 0.6 is 0 Å². The summed E-state index contributed by atoms with van der Waals surface area (Å²) in [4.78, 5) is 11.6. The fourth-order valence-corrected chi connectivity index (χ4v) is 1.61. The number of carbonyl (C=O) groups is 1. The van der Waals surface area contributed by atoms with E-state index in [4.69, 9.17) is 9.47 Å². The van der Waals surface area contributed by atoms with Gasteiger partial charge in [0.25, 0.3) is 0 Å². The molecule has 1 atom stereocenters. The molecule has 1 saturated heterocycles. The first-order valence-electron chi connectivity index (χ1n) is 4.61. The van der Waals surface area contributed by atoms with E-state index < -0.39 is 0 Å². The Kier molecular flexibility index (Phi) is 2.42. The van der Waals surface area contributed by atoms with Crippen molar-refractivity contribution in [3.05, 3.63) is 0 Å². The van der Waals surface area contributed by atoms with Gasteiger partial charge in [-0.05, 0) is 12.8 Å². The van der Waals surface area contributed by atoms with Gasteiger partial charge < -0.3 is 9.47 Å². The number of ether oxygens (including phenoxy) is 2. The first-order chi connectivity index (χ1) is 5.88. The first-order valence-corrected chi connectivity index (χ1v) is 4.61. The summed E-state index contributed by atoms with van der Waals surface area (Å²) in [5.41, 5.74) is 0. The smallest absolute Gasteiger partial charge is 0.166 e. The average Bonchev–Trinajstić information content (AvgIpc) is 2.03. The highest BCUT2D eigenvalue weighted by Gasteiger charge is 2.32. The highest BCUT2D eigenvalue weighted by Crippen LogP contribution is 2.29. The van der Waals surface area contributed by atoms with Gasteiger partial charge in [-0.1, -0.05) is 6.42 Å². The van der Waals surface area contributed by atoms with Crippen molar-refractivity contribution >= 4 is 5.78 Å². The van der Waals surface area contributed by atoms with Crippen LogP contribution in [0.2, 0.25) is 0 Å². The molecule has 2 rings (SSSR count). The fourth-order valence-electron chi connectivity index (χ4n) is 1.61. The molecule has 2 aliphatic rings. The summed E-state index contributed by atoms with van der Waals surface area (Å²) < 4.78 is 10.5. The van der Waals surface area contributed by atoms with E-state index in [2.05, 4.69) is 0 Å². The number of ketones is 1. The largest absolute Gasteiger partial charge is 0.376 e. The third-order valence-electron chi connectivity index (χ3n) is 2.64. The van der Waals surface area contributed by atoms with Crippen LogP contribution < -0.4 is 0 Å². The summed E-state index contributed by atoms with van der Waals surface area (Å²) in [6.45, 7) is 1.67. The molecule has 0 bridgehead atoms. The lowest BCUT2D eigenvalue weighted by Gasteiger charge is -2.30. The van der Waals surface area contributed by atoms with E-state index in [0.717, 1.165) is 12.8 Å². The first kappa shape index (κ1) is 8.20. The molecule has 1 aliphatic carbocycles. The van der Waals surface area contributed by atoms with Crippen LogP contribution in [0.4, 0.5) is 0 Å². The summed E-state index contributed by atoms with van der Waals surface area (Å²) >= 11 is 0. The summed E-state index contributed by atoms with van der Waals surface area (Å²) in [6, 6.07) is 0. The molecule has 0 amide bonds. The van der Waals surface area contributed by atoms with Crippen LogP contribution in [0, 0.1) is 5.92 Å². The van der Waals surface area contributed by atoms with E-state index in [0.29, 0.717) is 19.8 Å². The number of carbonyl (C=O) groups excluding carboxylic acids is 1. The van der Waals surface area contributed by atoms with Crippen LogP contribution in [0.1, 0.15) is 19.3 Å². The molecule has 3 heteroatoms. The maximum atomic E-state index is 11.6. The van der Waals surface area contributed by atoms with Gasteiger partial charge in [-0.2, -0.15) is 0 Å². The Morgan fingerprint density at radius 3 is 2.58 bits per heavy atom. The summed E-state index contributed by atoms with van der Waals surface area (Å²) in [6.07, 6.45) is 3.05. The van der Waals surface area contributed by atoms with E-state index in [9.17, 15) is 4.79 Å². The molecule has 0 N–H and O–H groups in total. The molecule has 1 saturated carbocycles. The zero-order chi connectivity index (χ0) is 8.39. The molecular formula is C9H14O3. The van der Waals surface area contributed by atoms with E-state index in [1.807, 2.05) is 0 Å². The van der Waals surface area contributed by atoms with Crippen molar-refractivity contribution in [1.82, 2.24) is 0 Å². The van der Waals surface area contributed by atoms with Gasteiger partial charge in [0.2, 0.25) is 0 Å². The molecule has 2 fully saturated rings. The van der Waals surface area contributed by atoms with E-state index in [1.54, 1.807) is 0 Å². The Morgan fingerprint density at radius 2 is 2.08 bits per heavy atom. The Morgan fingerprint density at radius 1 is 1.25 bits per heavy atom. The second-order valence-electron chi connectivity index (χ2n) is 3.46. The lowest BCUT2D eigenvalue weighted by molar-refractivity contribution is -0.151. The van der Waals surface area contributed by atoms with Gasteiger partial charge in [-0.15, -0.1) is 0 Å². The van der Waals surface area contributed by atoms with Gasteiger partial charge in [0.15, 0.2) is 5.78 Å². The summed E-state index contributed by atoms with van der Waals surface area (Å²) in [7, 11) is 0. The van der Waals surface area contributed by atoms with E-state index in [-0.39, 0.29) is 17.8 Å². The number of Topliss-reactive ketones (excluding diaryl/α,β-unsaturated/α-hetero) is 1. The molecule has 0 aromatic carbocycles. The van der Waals surface area contributed by atoms with Crippen LogP contribution in [-0.2, 0) is 14.3 Å². The fraction of sp³-hybridized carbons (Fsp3) is 0.889. The van der Waals surface area contributed by atoms with Gasteiger partial charge >= 0.3 is 0 Å². The number of hydrogen-bond acceptors (Lipinski definition) is 3. The minimum atomic E-state index is -0.260. The highest BCUT2D eigenvalue weighted by atomic mass is 16.6. The van der Waals surface area contributed by atoms with E-state index in [1.165, 1.54) is 6.42 Å². The molecule has 1 unspecified atom stereocenters. The molecule has 1 aliphatic heterocycles. The lowest BCUT2D eigenvalue weighted by atomic mass is 9.80. The minimum absolute atomic E-state index is 0.260. The maximum Gasteiger partial charge on any atom is 0.166 e. The highest BCUT2D eigenvalue weighted by molar-refractivity contribution is 5.86. The van der Waals surface area contributed by atoms with Gasteiger partial charge in [-0.25, -0.2) is 0 Å². The van der Waals surface area contributed by atoms with Crippen molar-refractivity contribution in [2.75, 3.05) is 19.8 Å². The molecular weight excluding hydrogens is 156 g/mol. The van der Waals surface area contributed by atoms with Crippen molar-refractivity contribution in [2.24, 2.45) is 5.92 Å². The quantitative estimate of drug-likeness (QED) is 0.614. The Labute approximate surface area is 72.0 Å². The molecule has 0 aromatic rings. The maximum absolute atomic E-state index is 11.6. The van der Waals surface area contributed by atoms with Gasteiger partial charge in [0, 0.05) is 5.92 Å². The third-order valence-corrected chi connectivity index (χ3v) is 2.64. The van der Waals surface area contributed by atoms with Crippen LogP contribution in [-0.4, -0.2) is 31.7 Å². The van der Waals surface area contributed by atoms with Crippen molar-refractivity contribution in [1.29, 1.82) is 0 Å². The van der Waals surface area contributed by atoms with E-state index >= 15 is 0 Å². The average molecular weight is 170 g/mol. The molecule has 3 nitrogen and oxygen atoms in total. The second kappa shape index (κ2) is 3.54. The normalized spacial score (nSPS) is 31.2. The van der Waals surface area contributed by atoms with Gasteiger partial charge in [0.05, 0.1) is 19.8 Å². The van der Waals surface area contributed by atoms with Crippen molar-refractivity contribution < 1.29 is 14.3 Å². The van der Waals surface area contributed by atoms with Gasteiger partial charge in [-0.3, -0.25) is 4.79 Å². The van der Waals surface area contributed by atoms with Gasteiger partial charge in [0.1, 0.15) is 6.10 Å². The summed E-state index contributed by atoms with van der Waals surface area (Å²) in [5, 5.41) is 0. The van der Waals surface area contributed by atoms with Crippen LogP contribution in [0.3, 0.4) is 0 Å². The Hall–Kier alpha value is -0.410.